The quantitative estimate of drug-likeness (QED) is 0.848. The van der Waals surface area contributed by atoms with Crippen molar-refractivity contribution in [3.05, 3.63) is 29.8 Å². The van der Waals surface area contributed by atoms with Crippen LogP contribution in [0.3, 0.4) is 0 Å². The SMILES string of the molecule is CCCC[C@H](N)Cc1cccc(OC(F)(F)F)c1. The zero-order chi connectivity index (χ0) is 13.6. The van der Waals surface area contributed by atoms with Gasteiger partial charge in [-0.05, 0) is 30.5 Å². The molecule has 2 N–H and O–H groups in total. The summed E-state index contributed by atoms with van der Waals surface area (Å²) in [6.45, 7) is 2.07. The Morgan fingerprint density at radius 2 is 2.06 bits per heavy atom. The Labute approximate surface area is 105 Å². The minimum Gasteiger partial charge on any atom is -0.406 e. The first-order valence-electron chi connectivity index (χ1n) is 6.01. The molecule has 0 heterocycles. The van der Waals surface area contributed by atoms with Gasteiger partial charge in [0.2, 0.25) is 0 Å². The molecule has 1 aromatic carbocycles. The van der Waals surface area contributed by atoms with E-state index < -0.39 is 6.36 Å². The molecule has 5 heteroatoms. The predicted molar refractivity (Wildman–Crippen MR) is 64.3 cm³/mol. The smallest absolute Gasteiger partial charge is 0.406 e. The van der Waals surface area contributed by atoms with E-state index in [0.29, 0.717) is 6.42 Å². The van der Waals surface area contributed by atoms with Crippen LogP contribution < -0.4 is 10.5 Å². The van der Waals surface area contributed by atoms with E-state index in [2.05, 4.69) is 11.7 Å². The standard InChI is InChI=1S/C13H18F3NO/c1-2-3-6-11(17)8-10-5-4-7-12(9-10)18-13(14,15)16/h4-5,7,9,11H,2-3,6,8,17H2,1H3/t11-/m0/s1. The van der Waals surface area contributed by atoms with E-state index in [0.717, 1.165) is 24.8 Å². The van der Waals surface area contributed by atoms with Crippen molar-refractivity contribution >= 4 is 0 Å². The number of nitrogens with two attached hydrogens (primary N) is 1. The average molecular weight is 261 g/mol. The molecule has 0 aliphatic rings. The molecule has 1 rings (SSSR count). The number of unbranched alkanes of at least 4 members (excludes halogenated alkanes) is 1. The third-order valence-corrected chi connectivity index (χ3v) is 2.56. The summed E-state index contributed by atoms with van der Waals surface area (Å²) in [5.74, 6) is -0.192. The third-order valence-electron chi connectivity index (χ3n) is 2.56. The molecular formula is C13H18F3NO. The van der Waals surface area contributed by atoms with Crippen molar-refractivity contribution < 1.29 is 17.9 Å². The lowest BCUT2D eigenvalue weighted by Gasteiger charge is -2.13. The van der Waals surface area contributed by atoms with E-state index in [4.69, 9.17) is 5.73 Å². The van der Waals surface area contributed by atoms with Crippen LogP contribution >= 0.6 is 0 Å². The largest absolute Gasteiger partial charge is 0.573 e. The van der Waals surface area contributed by atoms with Gasteiger partial charge in [-0.3, -0.25) is 0 Å². The number of benzene rings is 1. The van der Waals surface area contributed by atoms with Crippen molar-refractivity contribution in [3.63, 3.8) is 0 Å². The molecule has 2 nitrogen and oxygen atoms in total. The lowest BCUT2D eigenvalue weighted by molar-refractivity contribution is -0.274. The molecule has 0 spiro atoms. The first kappa shape index (κ1) is 14.8. The number of halogens is 3. The number of hydrogen-bond donors (Lipinski definition) is 1. The van der Waals surface area contributed by atoms with Crippen molar-refractivity contribution in [1.29, 1.82) is 0 Å². The topological polar surface area (TPSA) is 35.2 Å². The highest BCUT2D eigenvalue weighted by molar-refractivity contribution is 5.29. The van der Waals surface area contributed by atoms with Crippen LogP contribution in [0.15, 0.2) is 24.3 Å². The highest BCUT2D eigenvalue weighted by atomic mass is 19.4. The minimum atomic E-state index is -4.65. The molecule has 0 unspecified atom stereocenters. The van der Waals surface area contributed by atoms with Gasteiger partial charge in [0.1, 0.15) is 5.75 Å². The first-order valence-corrected chi connectivity index (χ1v) is 6.01. The van der Waals surface area contributed by atoms with E-state index in [1.807, 2.05) is 0 Å². The van der Waals surface area contributed by atoms with Crippen LogP contribution in [0.1, 0.15) is 31.7 Å². The molecule has 0 aliphatic carbocycles. The molecular weight excluding hydrogens is 243 g/mol. The fourth-order valence-corrected chi connectivity index (χ4v) is 1.74. The maximum absolute atomic E-state index is 12.1. The molecule has 1 atom stereocenters. The second-order valence-corrected chi connectivity index (χ2v) is 4.30. The van der Waals surface area contributed by atoms with Gasteiger partial charge in [0, 0.05) is 6.04 Å². The van der Waals surface area contributed by atoms with Crippen molar-refractivity contribution in [2.75, 3.05) is 0 Å². The molecule has 0 saturated carbocycles. The molecule has 0 amide bonds. The molecule has 0 fully saturated rings. The van der Waals surface area contributed by atoms with Crippen LogP contribution in [0, 0.1) is 0 Å². The fraction of sp³-hybridized carbons (Fsp3) is 0.538. The van der Waals surface area contributed by atoms with Crippen molar-refractivity contribution in [3.8, 4) is 5.75 Å². The molecule has 18 heavy (non-hydrogen) atoms. The van der Waals surface area contributed by atoms with Gasteiger partial charge in [-0.1, -0.05) is 31.9 Å². The Morgan fingerprint density at radius 1 is 1.33 bits per heavy atom. The van der Waals surface area contributed by atoms with Crippen molar-refractivity contribution in [2.24, 2.45) is 5.73 Å². The summed E-state index contributed by atoms with van der Waals surface area (Å²) in [5, 5.41) is 0. The predicted octanol–water partition coefficient (Wildman–Crippen LogP) is 3.65. The van der Waals surface area contributed by atoms with E-state index in [1.165, 1.54) is 12.1 Å². The summed E-state index contributed by atoms with van der Waals surface area (Å²) in [5.41, 5.74) is 6.67. The Kier molecular flexibility index (Phi) is 5.47. The van der Waals surface area contributed by atoms with E-state index >= 15 is 0 Å². The summed E-state index contributed by atoms with van der Waals surface area (Å²) in [4.78, 5) is 0. The van der Waals surface area contributed by atoms with E-state index in [9.17, 15) is 13.2 Å². The maximum atomic E-state index is 12.1. The molecule has 0 aromatic heterocycles. The van der Waals surface area contributed by atoms with Gasteiger partial charge < -0.3 is 10.5 Å². The summed E-state index contributed by atoms with van der Waals surface area (Å²) in [6.07, 6.45) is -1.12. The number of rotatable bonds is 6. The monoisotopic (exact) mass is 261 g/mol. The average Bonchev–Trinajstić information content (AvgIpc) is 2.24. The van der Waals surface area contributed by atoms with Gasteiger partial charge >= 0.3 is 6.36 Å². The molecule has 0 radical (unpaired) electrons. The summed E-state index contributed by atoms with van der Waals surface area (Å²) >= 11 is 0. The van der Waals surface area contributed by atoms with Crippen LogP contribution in [-0.2, 0) is 6.42 Å². The van der Waals surface area contributed by atoms with Crippen LogP contribution in [0.25, 0.3) is 0 Å². The third kappa shape index (κ3) is 5.91. The Bertz CT molecular complexity index is 365. The summed E-state index contributed by atoms with van der Waals surface area (Å²) < 4.78 is 40.0. The molecule has 1 aromatic rings. The lowest BCUT2D eigenvalue weighted by atomic mass is 10.0. The van der Waals surface area contributed by atoms with Gasteiger partial charge in [-0.15, -0.1) is 13.2 Å². The van der Waals surface area contributed by atoms with Crippen LogP contribution in [0.4, 0.5) is 13.2 Å². The summed E-state index contributed by atoms with van der Waals surface area (Å²) in [6, 6.07) is 5.96. The number of hydrogen-bond acceptors (Lipinski definition) is 2. The molecule has 102 valence electrons. The minimum absolute atomic E-state index is 0.0221. The zero-order valence-corrected chi connectivity index (χ0v) is 10.3. The molecule has 0 saturated heterocycles. The maximum Gasteiger partial charge on any atom is 0.573 e. The van der Waals surface area contributed by atoms with Crippen LogP contribution in [0.2, 0.25) is 0 Å². The number of ether oxygens (including phenoxy) is 1. The summed E-state index contributed by atoms with van der Waals surface area (Å²) in [7, 11) is 0. The van der Waals surface area contributed by atoms with E-state index in [-0.39, 0.29) is 11.8 Å². The normalized spacial score (nSPS) is 13.4. The van der Waals surface area contributed by atoms with Gasteiger partial charge in [0.15, 0.2) is 0 Å². The van der Waals surface area contributed by atoms with Crippen molar-refractivity contribution in [1.82, 2.24) is 0 Å². The number of alkyl halides is 3. The molecule has 0 aliphatic heterocycles. The Hall–Kier alpha value is -1.23. The van der Waals surface area contributed by atoms with Gasteiger partial charge in [-0.25, -0.2) is 0 Å². The Morgan fingerprint density at radius 3 is 2.67 bits per heavy atom. The van der Waals surface area contributed by atoms with Gasteiger partial charge in [0.05, 0.1) is 0 Å². The molecule has 0 bridgehead atoms. The zero-order valence-electron chi connectivity index (χ0n) is 10.3. The van der Waals surface area contributed by atoms with Crippen molar-refractivity contribution in [2.45, 2.75) is 45.0 Å². The van der Waals surface area contributed by atoms with Crippen LogP contribution in [-0.4, -0.2) is 12.4 Å². The lowest BCUT2D eigenvalue weighted by Crippen LogP contribution is -2.22. The fourth-order valence-electron chi connectivity index (χ4n) is 1.74. The second-order valence-electron chi connectivity index (χ2n) is 4.30. The highest BCUT2D eigenvalue weighted by Gasteiger charge is 2.31. The van der Waals surface area contributed by atoms with Gasteiger partial charge in [0.25, 0.3) is 0 Å². The van der Waals surface area contributed by atoms with Crippen LogP contribution in [0.5, 0.6) is 5.75 Å². The second kappa shape index (κ2) is 6.64. The van der Waals surface area contributed by atoms with Gasteiger partial charge in [-0.2, -0.15) is 0 Å². The van der Waals surface area contributed by atoms with E-state index in [1.54, 1.807) is 12.1 Å². The first-order chi connectivity index (χ1) is 8.40. The highest BCUT2D eigenvalue weighted by Crippen LogP contribution is 2.23. The Balaban J connectivity index is 2.59.